The summed E-state index contributed by atoms with van der Waals surface area (Å²) >= 11 is 1.63. The molecule has 5 heteroatoms. The van der Waals surface area contributed by atoms with Crippen molar-refractivity contribution in [3.63, 3.8) is 0 Å². The summed E-state index contributed by atoms with van der Waals surface area (Å²) in [6, 6.07) is 0.204. The maximum atomic E-state index is 12.8. The number of rotatable bonds is 3. The third-order valence-corrected chi connectivity index (χ3v) is 6.06. The highest BCUT2D eigenvalue weighted by atomic mass is 32.1. The van der Waals surface area contributed by atoms with Crippen LogP contribution >= 0.6 is 11.3 Å². The molecule has 4 nitrogen and oxygen atoms in total. The molecule has 0 bridgehead atoms. The molecule has 2 rings (SSSR count). The first-order valence-corrected chi connectivity index (χ1v) is 8.53. The van der Waals surface area contributed by atoms with Crippen molar-refractivity contribution in [3.8, 4) is 0 Å². The van der Waals surface area contributed by atoms with Crippen molar-refractivity contribution in [1.82, 2.24) is 9.88 Å². The Bertz CT molecular complexity index is 511. The van der Waals surface area contributed by atoms with Crippen LogP contribution in [0.25, 0.3) is 0 Å². The van der Waals surface area contributed by atoms with Gasteiger partial charge in [-0.1, -0.05) is 20.8 Å². The molecule has 2 N–H and O–H groups in total. The second-order valence-corrected chi connectivity index (χ2v) is 8.02. The predicted octanol–water partition coefficient (Wildman–Crippen LogP) is 2.81. The van der Waals surface area contributed by atoms with Crippen LogP contribution < -0.4 is 5.73 Å². The van der Waals surface area contributed by atoms with E-state index in [1.807, 2.05) is 24.3 Å². The maximum Gasteiger partial charge on any atom is 0.226 e. The summed E-state index contributed by atoms with van der Waals surface area (Å²) in [4.78, 5) is 19.1. The van der Waals surface area contributed by atoms with E-state index in [9.17, 15) is 4.79 Å². The highest BCUT2D eigenvalue weighted by molar-refractivity contribution is 7.09. The zero-order chi connectivity index (χ0) is 15.8. The molecule has 0 aromatic carbocycles. The van der Waals surface area contributed by atoms with Gasteiger partial charge < -0.3 is 10.6 Å². The van der Waals surface area contributed by atoms with E-state index in [1.54, 1.807) is 11.3 Å². The minimum atomic E-state index is -0.0546. The van der Waals surface area contributed by atoms with E-state index in [0.29, 0.717) is 12.5 Å². The van der Waals surface area contributed by atoms with E-state index in [4.69, 9.17) is 5.73 Å². The van der Waals surface area contributed by atoms with Gasteiger partial charge in [0.05, 0.1) is 17.2 Å². The van der Waals surface area contributed by atoms with Gasteiger partial charge in [-0.05, 0) is 31.1 Å². The van der Waals surface area contributed by atoms with Crippen LogP contribution in [0.1, 0.15) is 44.3 Å². The van der Waals surface area contributed by atoms with E-state index in [-0.39, 0.29) is 23.3 Å². The van der Waals surface area contributed by atoms with Crippen molar-refractivity contribution in [3.05, 3.63) is 16.1 Å². The molecule has 1 aromatic heterocycles. The van der Waals surface area contributed by atoms with Crippen molar-refractivity contribution >= 4 is 17.2 Å². The molecule has 3 unspecified atom stereocenters. The summed E-state index contributed by atoms with van der Waals surface area (Å²) in [5, 5.41) is 3.08. The Morgan fingerprint density at radius 1 is 1.52 bits per heavy atom. The van der Waals surface area contributed by atoms with Crippen LogP contribution in [0.3, 0.4) is 0 Å². The summed E-state index contributed by atoms with van der Waals surface area (Å²) in [7, 11) is 1.88. The molecule has 1 amide bonds. The fourth-order valence-electron chi connectivity index (χ4n) is 3.36. The highest BCUT2D eigenvalue weighted by Crippen LogP contribution is 2.45. The zero-order valence-electron chi connectivity index (χ0n) is 13.7. The Morgan fingerprint density at radius 2 is 2.19 bits per heavy atom. The fraction of sp³-hybridized carbons (Fsp3) is 0.750. The number of aryl methyl sites for hydroxylation is 1. The average Bonchev–Trinajstić information content (AvgIpc) is 2.81. The van der Waals surface area contributed by atoms with Crippen molar-refractivity contribution in [2.75, 3.05) is 7.05 Å². The topological polar surface area (TPSA) is 59.2 Å². The maximum absolute atomic E-state index is 12.8. The van der Waals surface area contributed by atoms with Gasteiger partial charge in [0.25, 0.3) is 0 Å². The Kier molecular flexibility index (Phi) is 4.73. The molecule has 0 aliphatic heterocycles. The van der Waals surface area contributed by atoms with Crippen molar-refractivity contribution < 1.29 is 4.79 Å². The summed E-state index contributed by atoms with van der Waals surface area (Å²) in [6.07, 6.45) is 1.82. The average molecular weight is 309 g/mol. The number of nitrogens with zero attached hydrogens (tertiary/aromatic N) is 2. The van der Waals surface area contributed by atoms with Gasteiger partial charge in [0, 0.05) is 24.4 Å². The van der Waals surface area contributed by atoms with Gasteiger partial charge in [0.1, 0.15) is 0 Å². The van der Waals surface area contributed by atoms with Crippen LogP contribution in [0.15, 0.2) is 5.38 Å². The lowest BCUT2D eigenvalue weighted by Gasteiger charge is -2.47. The quantitative estimate of drug-likeness (QED) is 0.934. The first-order chi connectivity index (χ1) is 9.73. The lowest BCUT2D eigenvalue weighted by atomic mass is 9.61. The molecule has 1 aliphatic rings. The number of carbonyl (C=O) groups is 1. The zero-order valence-corrected chi connectivity index (χ0v) is 14.5. The Balaban J connectivity index is 2.08. The van der Waals surface area contributed by atoms with Crippen LogP contribution in [0.4, 0.5) is 0 Å². The number of nitrogens with two attached hydrogens (primary N) is 1. The molecule has 0 spiro atoms. The van der Waals surface area contributed by atoms with Crippen LogP contribution in [0, 0.1) is 24.2 Å². The van der Waals surface area contributed by atoms with Gasteiger partial charge in [0.15, 0.2) is 0 Å². The van der Waals surface area contributed by atoms with E-state index in [1.165, 1.54) is 0 Å². The summed E-state index contributed by atoms with van der Waals surface area (Å²) in [5.74, 6) is 0.636. The largest absolute Gasteiger partial charge is 0.340 e. The van der Waals surface area contributed by atoms with Crippen LogP contribution in [-0.2, 0) is 11.3 Å². The molecule has 118 valence electrons. The lowest BCUT2D eigenvalue weighted by Crippen LogP contribution is -2.51. The minimum Gasteiger partial charge on any atom is -0.340 e. The van der Waals surface area contributed by atoms with Crippen LogP contribution in [0.2, 0.25) is 0 Å². The van der Waals surface area contributed by atoms with E-state index >= 15 is 0 Å². The number of thiazole rings is 1. The molecule has 1 heterocycles. The van der Waals surface area contributed by atoms with E-state index in [0.717, 1.165) is 23.5 Å². The standard InChI is InChI=1S/C16H27N3OS/c1-10-14(17)7-6-13(16(10,3)4)15(20)19(5)8-12-9-21-11(2)18-12/h9-10,13-14H,6-8,17H2,1-5H3. The molecule has 3 atom stereocenters. The van der Waals surface area contributed by atoms with Gasteiger partial charge in [0.2, 0.25) is 5.91 Å². The molecule has 0 radical (unpaired) electrons. The van der Waals surface area contributed by atoms with E-state index < -0.39 is 0 Å². The minimum absolute atomic E-state index is 0.0528. The monoisotopic (exact) mass is 309 g/mol. The van der Waals surface area contributed by atoms with Crippen molar-refractivity contribution in [2.45, 2.75) is 53.1 Å². The van der Waals surface area contributed by atoms with Gasteiger partial charge in [-0.15, -0.1) is 11.3 Å². The molecule has 1 aromatic rings. The number of hydrogen-bond acceptors (Lipinski definition) is 4. The van der Waals surface area contributed by atoms with Crippen LogP contribution in [0.5, 0.6) is 0 Å². The summed E-state index contributed by atoms with van der Waals surface area (Å²) in [5.41, 5.74) is 7.11. The first-order valence-electron chi connectivity index (χ1n) is 7.65. The molecule has 21 heavy (non-hydrogen) atoms. The smallest absolute Gasteiger partial charge is 0.226 e. The highest BCUT2D eigenvalue weighted by Gasteiger charge is 2.45. The van der Waals surface area contributed by atoms with Gasteiger partial charge >= 0.3 is 0 Å². The summed E-state index contributed by atoms with van der Waals surface area (Å²) in [6.45, 7) is 9.12. The SMILES string of the molecule is Cc1nc(CN(C)C(=O)C2CCC(N)C(C)C2(C)C)cs1. The molecule has 1 fully saturated rings. The lowest BCUT2D eigenvalue weighted by molar-refractivity contribution is -0.142. The molecule has 1 aliphatic carbocycles. The van der Waals surface area contributed by atoms with Gasteiger partial charge in [-0.25, -0.2) is 4.98 Å². The Hall–Kier alpha value is -0.940. The Morgan fingerprint density at radius 3 is 2.76 bits per heavy atom. The molecule has 0 saturated heterocycles. The number of carbonyl (C=O) groups excluding carboxylic acids is 1. The van der Waals surface area contributed by atoms with Crippen LogP contribution in [-0.4, -0.2) is 28.9 Å². The van der Waals surface area contributed by atoms with Gasteiger partial charge in [-0.3, -0.25) is 4.79 Å². The second-order valence-electron chi connectivity index (χ2n) is 6.96. The van der Waals surface area contributed by atoms with Gasteiger partial charge in [-0.2, -0.15) is 0 Å². The van der Waals surface area contributed by atoms with Crippen molar-refractivity contribution in [1.29, 1.82) is 0 Å². The number of aromatic nitrogens is 1. The number of amides is 1. The Labute approximate surface area is 131 Å². The third kappa shape index (κ3) is 3.29. The third-order valence-electron chi connectivity index (χ3n) is 5.24. The predicted molar refractivity (Wildman–Crippen MR) is 87.0 cm³/mol. The van der Waals surface area contributed by atoms with E-state index in [2.05, 4.69) is 25.8 Å². The second kappa shape index (κ2) is 6.05. The van der Waals surface area contributed by atoms with Crippen molar-refractivity contribution in [2.24, 2.45) is 23.0 Å². The molecule has 1 saturated carbocycles. The first kappa shape index (κ1) is 16.4. The molecular weight excluding hydrogens is 282 g/mol. The fourth-order valence-corrected chi connectivity index (χ4v) is 3.96. The summed E-state index contributed by atoms with van der Waals surface area (Å²) < 4.78 is 0. The number of hydrogen-bond donors (Lipinski definition) is 1. The molecular formula is C16H27N3OS. The normalized spacial score (nSPS) is 28.4.